The molecule has 1 atom stereocenters. The van der Waals surface area contributed by atoms with Gasteiger partial charge in [-0.3, -0.25) is 0 Å². The molecule has 0 N–H and O–H groups in total. The Morgan fingerprint density at radius 2 is 1.77 bits per heavy atom. The third kappa shape index (κ3) is 1.90. The smallest absolute Gasteiger partial charge is 0.0716 e. The standard InChI is InChI=1S/C12H22O/c1-9(11(2,3)4)13-12(7-8-12)10-5-6-10/h9-10H,5-8H2,1-4H3/t9-/m1/s1. The van der Waals surface area contributed by atoms with E-state index in [0.717, 1.165) is 5.92 Å². The summed E-state index contributed by atoms with van der Waals surface area (Å²) in [5.41, 5.74) is 0.636. The van der Waals surface area contributed by atoms with E-state index < -0.39 is 0 Å². The average Bonchev–Trinajstić information content (AvgIpc) is 2.80. The lowest BCUT2D eigenvalue weighted by molar-refractivity contribution is -0.0804. The van der Waals surface area contributed by atoms with Gasteiger partial charge in [0.25, 0.3) is 0 Å². The minimum atomic E-state index is 0.296. The maximum Gasteiger partial charge on any atom is 0.0716 e. The number of hydrogen-bond donors (Lipinski definition) is 0. The summed E-state index contributed by atoms with van der Waals surface area (Å²) in [5.74, 6) is 0.914. The summed E-state index contributed by atoms with van der Waals surface area (Å²) in [5, 5.41) is 0. The maximum atomic E-state index is 6.24. The predicted octanol–water partition coefficient (Wildman–Crippen LogP) is 3.38. The van der Waals surface area contributed by atoms with E-state index in [1.807, 2.05) is 0 Å². The van der Waals surface area contributed by atoms with Crippen LogP contribution in [-0.4, -0.2) is 11.7 Å². The molecule has 0 radical (unpaired) electrons. The van der Waals surface area contributed by atoms with Crippen molar-refractivity contribution in [2.45, 2.75) is 65.1 Å². The van der Waals surface area contributed by atoms with E-state index in [1.165, 1.54) is 25.7 Å². The Morgan fingerprint density at radius 3 is 2.08 bits per heavy atom. The lowest BCUT2D eigenvalue weighted by Crippen LogP contribution is -2.32. The molecule has 0 aromatic rings. The molecular weight excluding hydrogens is 160 g/mol. The van der Waals surface area contributed by atoms with Crippen LogP contribution in [0, 0.1) is 11.3 Å². The van der Waals surface area contributed by atoms with Crippen LogP contribution in [0.25, 0.3) is 0 Å². The van der Waals surface area contributed by atoms with Crippen molar-refractivity contribution < 1.29 is 4.74 Å². The topological polar surface area (TPSA) is 9.23 Å². The Balaban J connectivity index is 1.90. The highest BCUT2D eigenvalue weighted by Gasteiger charge is 2.56. The Kier molecular flexibility index (Phi) is 1.99. The molecule has 2 rings (SSSR count). The summed E-state index contributed by atoms with van der Waals surface area (Å²) in [6.07, 6.45) is 5.86. The zero-order valence-corrected chi connectivity index (χ0v) is 9.39. The van der Waals surface area contributed by atoms with Gasteiger partial charge in [0.15, 0.2) is 0 Å². The fourth-order valence-corrected chi connectivity index (χ4v) is 1.88. The predicted molar refractivity (Wildman–Crippen MR) is 54.7 cm³/mol. The molecule has 0 saturated heterocycles. The van der Waals surface area contributed by atoms with Crippen LogP contribution < -0.4 is 0 Å². The third-order valence-corrected chi connectivity index (χ3v) is 3.70. The van der Waals surface area contributed by atoms with Crippen molar-refractivity contribution >= 4 is 0 Å². The van der Waals surface area contributed by atoms with Crippen molar-refractivity contribution in [2.24, 2.45) is 11.3 Å². The average molecular weight is 182 g/mol. The maximum absolute atomic E-state index is 6.24. The molecule has 2 aliphatic carbocycles. The summed E-state index contributed by atoms with van der Waals surface area (Å²) in [6.45, 7) is 9.02. The molecule has 0 aliphatic heterocycles. The molecule has 0 unspecified atom stereocenters. The molecule has 1 nitrogen and oxygen atoms in total. The fourth-order valence-electron chi connectivity index (χ4n) is 1.88. The van der Waals surface area contributed by atoms with Crippen LogP contribution >= 0.6 is 0 Å². The molecule has 2 aliphatic rings. The van der Waals surface area contributed by atoms with Gasteiger partial charge in [-0.25, -0.2) is 0 Å². The highest BCUT2D eigenvalue weighted by atomic mass is 16.5. The number of hydrogen-bond acceptors (Lipinski definition) is 1. The van der Waals surface area contributed by atoms with Crippen molar-refractivity contribution in [1.82, 2.24) is 0 Å². The fraction of sp³-hybridized carbons (Fsp3) is 1.00. The quantitative estimate of drug-likeness (QED) is 0.650. The van der Waals surface area contributed by atoms with Crippen molar-refractivity contribution in [3.63, 3.8) is 0 Å². The Hall–Kier alpha value is -0.0400. The molecule has 0 spiro atoms. The van der Waals surface area contributed by atoms with E-state index in [0.29, 0.717) is 17.1 Å². The van der Waals surface area contributed by atoms with Gasteiger partial charge in [-0.2, -0.15) is 0 Å². The van der Waals surface area contributed by atoms with Crippen LogP contribution in [0.1, 0.15) is 53.4 Å². The Labute approximate surface area is 81.9 Å². The second-order valence-electron chi connectivity index (χ2n) is 5.97. The minimum absolute atomic E-state index is 0.296. The molecule has 76 valence electrons. The Morgan fingerprint density at radius 1 is 1.23 bits per heavy atom. The van der Waals surface area contributed by atoms with Crippen LogP contribution in [-0.2, 0) is 4.74 Å². The lowest BCUT2D eigenvalue weighted by Gasteiger charge is -2.31. The first-order valence-corrected chi connectivity index (χ1v) is 5.62. The first-order chi connectivity index (χ1) is 5.94. The van der Waals surface area contributed by atoms with Crippen LogP contribution in [0.3, 0.4) is 0 Å². The van der Waals surface area contributed by atoms with Gasteiger partial charge in [0.2, 0.25) is 0 Å². The summed E-state index contributed by atoms with van der Waals surface area (Å²) in [4.78, 5) is 0. The summed E-state index contributed by atoms with van der Waals surface area (Å²) in [6, 6.07) is 0. The second-order valence-corrected chi connectivity index (χ2v) is 5.97. The van der Waals surface area contributed by atoms with Gasteiger partial charge in [0.1, 0.15) is 0 Å². The highest BCUT2D eigenvalue weighted by Crippen LogP contribution is 2.57. The van der Waals surface area contributed by atoms with Gasteiger partial charge in [0, 0.05) is 0 Å². The molecule has 2 saturated carbocycles. The molecule has 13 heavy (non-hydrogen) atoms. The van der Waals surface area contributed by atoms with Gasteiger partial charge >= 0.3 is 0 Å². The second kappa shape index (κ2) is 2.73. The Bertz CT molecular complexity index is 194. The van der Waals surface area contributed by atoms with Crippen molar-refractivity contribution in [2.75, 3.05) is 0 Å². The van der Waals surface area contributed by atoms with E-state index >= 15 is 0 Å². The molecule has 2 fully saturated rings. The molecular formula is C12H22O. The van der Waals surface area contributed by atoms with Gasteiger partial charge < -0.3 is 4.74 Å². The van der Waals surface area contributed by atoms with E-state index in [-0.39, 0.29) is 0 Å². The van der Waals surface area contributed by atoms with E-state index in [4.69, 9.17) is 4.74 Å². The van der Waals surface area contributed by atoms with Crippen molar-refractivity contribution in [1.29, 1.82) is 0 Å². The van der Waals surface area contributed by atoms with Crippen molar-refractivity contribution in [3.05, 3.63) is 0 Å². The van der Waals surface area contributed by atoms with Crippen molar-refractivity contribution in [3.8, 4) is 0 Å². The minimum Gasteiger partial charge on any atom is -0.371 e. The largest absolute Gasteiger partial charge is 0.371 e. The van der Waals surface area contributed by atoms with E-state index in [1.54, 1.807) is 0 Å². The lowest BCUT2D eigenvalue weighted by atomic mass is 9.90. The van der Waals surface area contributed by atoms with Crippen LogP contribution in [0.5, 0.6) is 0 Å². The van der Waals surface area contributed by atoms with E-state index in [9.17, 15) is 0 Å². The van der Waals surface area contributed by atoms with Gasteiger partial charge in [-0.1, -0.05) is 20.8 Å². The normalized spacial score (nSPS) is 28.6. The zero-order valence-electron chi connectivity index (χ0n) is 9.39. The monoisotopic (exact) mass is 182 g/mol. The SMILES string of the molecule is C[C@@H](OC1(C2CC2)CC1)C(C)(C)C. The molecule has 0 heterocycles. The molecule has 1 heteroatoms. The number of ether oxygens (including phenoxy) is 1. The molecule has 0 bridgehead atoms. The van der Waals surface area contributed by atoms with Crippen LogP contribution in [0.15, 0.2) is 0 Å². The number of rotatable bonds is 3. The zero-order chi connectivity index (χ0) is 9.69. The van der Waals surface area contributed by atoms with E-state index in [2.05, 4.69) is 27.7 Å². The summed E-state index contributed by atoms with van der Waals surface area (Å²) >= 11 is 0. The molecule has 0 aromatic carbocycles. The summed E-state index contributed by atoms with van der Waals surface area (Å²) < 4.78 is 6.24. The molecule has 0 amide bonds. The summed E-state index contributed by atoms with van der Waals surface area (Å²) in [7, 11) is 0. The highest BCUT2D eigenvalue weighted by molar-refractivity contribution is 5.07. The van der Waals surface area contributed by atoms with Gasteiger partial charge in [-0.15, -0.1) is 0 Å². The first kappa shape index (κ1) is 9.51. The molecule has 0 aromatic heterocycles. The van der Waals surface area contributed by atoms with Gasteiger partial charge in [0.05, 0.1) is 11.7 Å². The first-order valence-electron chi connectivity index (χ1n) is 5.62. The van der Waals surface area contributed by atoms with Crippen LogP contribution in [0.4, 0.5) is 0 Å². The van der Waals surface area contributed by atoms with Crippen LogP contribution in [0.2, 0.25) is 0 Å². The third-order valence-electron chi connectivity index (χ3n) is 3.70. The van der Waals surface area contributed by atoms with Gasteiger partial charge in [-0.05, 0) is 43.9 Å².